The Morgan fingerprint density at radius 3 is 2.60 bits per heavy atom. The molecule has 0 aliphatic carbocycles. The van der Waals surface area contributed by atoms with Crippen LogP contribution in [0.25, 0.3) is 0 Å². The molecule has 0 saturated heterocycles. The Balaban J connectivity index is 3.38. The van der Waals surface area contributed by atoms with E-state index < -0.39 is 0 Å². The van der Waals surface area contributed by atoms with Crippen molar-refractivity contribution in [3.05, 3.63) is 0 Å². The maximum atomic E-state index is 8.58. The highest BCUT2D eigenvalue weighted by molar-refractivity contribution is 4.62. The molecule has 0 bridgehead atoms. The lowest BCUT2D eigenvalue weighted by Crippen LogP contribution is -2.33. The summed E-state index contributed by atoms with van der Waals surface area (Å²) in [6, 6.07) is 0.483. The lowest BCUT2D eigenvalue weighted by molar-refractivity contribution is 0.183. The van der Waals surface area contributed by atoms with Gasteiger partial charge in [0.2, 0.25) is 0 Å². The van der Waals surface area contributed by atoms with Crippen LogP contribution in [0.5, 0.6) is 0 Å². The summed E-state index contributed by atoms with van der Waals surface area (Å²) in [6.45, 7) is 3.80. The predicted molar refractivity (Wildman–Crippen MR) is 42.8 cm³/mol. The molecule has 0 saturated carbocycles. The van der Waals surface area contributed by atoms with Gasteiger partial charge in [0.05, 0.1) is 6.61 Å². The van der Waals surface area contributed by atoms with E-state index in [1.807, 2.05) is 7.05 Å². The molecular formula is C7H18N2O. The van der Waals surface area contributed by atoms with Crippen molar-refractivity contribution in [3.63, 3.8) is 0 Å². The Morgan fingerprint density at radius 2 is 2.20 bits per heavy atom. The Bertz CT molecular complexity index is 68.0. The van der Waals surface area contributed by atoms with E-state index in [1.54, 1.807) is 0 Å². The van der Waals surface area contributed by atoms with Crippen molar-refractivity contribution in [1.29, 1.82) is 0 Å². The molecule has 0 aromatic carbocycles. The van der Waals surface area contributed by atoms with Crippen LogP contribution in [0.15, 0.2) is 0 Å². The number of likely N-dealkylation sites (N-methyl/N-ethyl adjacent to an activating group) is 1. The van der Waals surface area contributed by atoms with Crippen molar-refractivity contribution >= 4 is 0 Å². The highest BCUT2D eigenvalue weighted by Gasteiger charge is 2.05. The third-order valence-electron chi connectivity index (χ3n) is 1.79. The first-order valence-corrected chi connectivity index (χ1v) is 3.73. The molecule has 62 valence electrons. The molecule has 0 spiro atoms. The number of rotatable bonds is 5. The molecule has 1 unspecified atom stereocenters. The van der Waals surface area contributed by atoms with Crippen molar-refractivity contribution in [3.8, 4) is 0 Å². The Labute approximate surface area is 62.8 Å². The summed E-state index contributed by atoms with van der Waals surface area (Å²) in [5, 5.41) is 8.58. The molecule has 0 radical (unpaired) electrons. The third kappa shape index (κ3) is 3.82. The van der Waals surface area contributed by atoms with E-state index in [2.05, 4.69) is 11.8 Å². The summed E-state index contributed by atoms with van der Waals surface area (Å²) < 4.78 is 0. The van der Waals surface area contributed by atoms with Crippen LogP contribution in [0.2, 0.25) is 0 Å². The van der Waals surface area contributed by atoms with Gasteiger partial charge in [-0.2, -0.15) is 0 Å². The van der Waals surface area contributed by atoms with Crippen LogP contribution < -0.4 is 5.73 Å². The van der Waals surface area contributed by atoms with Gasteiger partial charge < -0.3 is 15.7 Å². The molecule has 3 heteroatoms. The molecule has 3 nitrogen and oxygen atoms in total. The monoisotopic (exact) mass is 146 g/mol. The van der Waals surface area contributed by atoms with Crippen LogP contribution >= 0.6 is 0 Å². The fourth-order valence-corrected chi connectivity index (χ4v) is 0.840. The molecule has 1 atom stereocenters. The van der Waals surface area contributed by atoms with Gasteiger partial charge in [0.1, 0.15) is 0 Å². The molecule has 10 heavy (non-hydrogen) atoms. The normalized spacial score (nSPS) is 14.1. The summed E-state index contributed by atoms with van der Waals surface area (Å²) in [5.74, 6) is 0. The van der Waals surface area contributed by atoms with Crippen LogP contribution in [0.4, 0.5) is 0 Å². The van der Waals surface area contributed by atoms with Gasteiger partial charge in [-0.1, -0.05) is 0 Å². The first-order valence-electron chi connectivity index (χ1n) is 3.73. The zero-order valence-corrected chi connectivity index (χ0v) is 6.88. The maximum absolute atomic E-state index is 8.58. The summed E-state index contributed by atoms with van der Waals surface area (Å²) in [4.78, 5) is 2.10. The van der Waals surface area contributed by atoms with Crippen LogP contribution in [-0.4, -0.2) is 42.8 Å². The smallest absolute Gasteiger partial charge is 0.0558 e. The van der Waals surface area contributed by atoms with Gasteiger partial charge in [-0.05, 0) is 26.9 Å². The van der Waals surface area contributed by atoms with E-state index >= 15 is 0 Å². The van der Waals surface area contributed by atoms with Gasteiger partial charge in [0.25, 0.3) is 0 Å². The highest BCUT2D eigenvalue weighted by Crippen LogP contribution is 1.97. The lowest BCUT2D eigenvalue weighted by atomic mass is 10.2. The first kappa shape index (κ1) is 9.88. The van der Waals surface area contributed by atoms with Gasteiger partial charge in [-0.25, -0.2) is 0 Å². The molecule has 0 aliphatic rings. The highest BCUT2D eigenvalue weighted by atomic mass is 16.3. The van der Waals surface area contributed by atoms with Crippen molar-refractivity contribution < 1.29 is 5.11 Å². The van der Waals surface area contributed by atoms with Crippen molar-refractivity contribution in [2.45, 2.75) is 19.4 Å². The Morgan fingerprint density at radius 1 is 1.60 bits per heavy atom. The minimum absolute atomic E-state index is 0.228. The fourth-order valence-electron chi connectivity index (χ4n) is 0.840. The average Bonchev–Trinajstić information content (AvgIpc) is 1.89. The van der Waals surface area contributed by atoms with E-state index in [0.29, 0.717) is 6.04 Å². The van der Waals surface area contributed by atoms with Gasteiger partial charge in [0, 0.05) is 12.6 Å². The van der Waals surface area contributed by atoms with Crippen molar-refractivity contribution in [2.24, 2.45) is 5.73 Å². The number of aliphatic hydroxyl groups is 1. The zero-order chi connectivity index (χ0) is 7.98. The van der Waals surface area contributed by atoms with Crippen LogP contribution in [0.3, 0.4) is 0 Å². The van der Waals surface area contributed by atoms with Gasteiger partial charge in [0.15, 0.2) is 0 Å². The van der Waals surface area contributed by atoms with Crippen LogP contribution in [0, 0.1) is 0 Å². The average molecular weight is 146 g/mol. The SMILES string of the molecule is CC(CCN)N(C)CCO. The van der Waals surface area contributed by atoms with Gasteiger partial charge in [-0.3, -0.25) is 0 Å². The topological polar surface area (TPSA) is 49.5 Å². The molecule has 0 rings (SSSR count). The number of aliphatic hydroxyl groups excluding tert-OH is 1. The fraction of sp³-hybridized carbons (Fsp3) is 1.00. The third-order valence-corrected chi connectivity index (χ3v) is 1.79. The number of hydrogen-bond donors (Lipinski definition) is 2. The quantitative estimate of drug-likeness (QED) is 0.557. The van der Waals surface area contributed by atoms with E-state index in [-0.39, 0.29) is 6.61 Å². The van der Waals surface area contributed by atoms with Gasteiger partial charge in [-0.15, -0.1) is 0 Å². The summed E-state index contributed by atoms with van der Waals surface area (Å²) in [6.07, 6.45) is 0.997. The van der Waals surface area contributed by atoms with Gasteiger partial charge >= 0.3 is 0 Å². The summed E-state index contributed by atoms with van der Waals surface area (Å²) >= 11 is 0. The number of nitrogens with zero attached hydrogens (tertiary/aromatic N) is 1. The second kappa shape index (κ2) is 5.65. The first-order chi connectivity index (χ1) is 4.72. The number of hydrogen-bond acceptors (Lipinski definition) is 3. The lowest BCUT2D eigenvalue weighted by Gasteiger charge is -2.22. The predicted octanol–water partition coefficient (Wildman–Crippen LogP) is -0.352. The zero-order valence-electron chi connectivity index (χ0n) is 6.88. The van der Waals surface area contributed by atoms with E-state index in [9.17, 15) is 0 Å². The van der Waals surface area contributed by atoms with E-state index in [0.717, 1.165) is 19.5 Å². The second-order valence-electron chi connectivity index (χ2n) is 2.63. The second-order valence-corrected chi connectivity index (χ2v) is 2.63. The molecule has 0 aromatic heterocycles. The van der Waals surface area contributed by atoms with Crippen molar-refractivity contribution in [2.75, 3.05) is 26.7 Å². The van der Waals surface area contributed by atoms with Crippen LogP contribution in [0.1, 0.15) is 13.3 Å². The Kier molecular flexibility index (Phi) is 5.58. The molecule has 0 fully saturated rings. The minimum Gasteiger partial charge on any atom is -0.395 e. The standard InChI is InChI=1S/C7H18N2O/c1-7(3-4-8)9(2)5-6-10/h7,10H,3-6,8H2,1-2H3. The van der Waals surface area contributed by atoms with E-state index in [4.69, 9.17) is 10.8 Å². The molecule has 0 amide bonds. The largest absolute Gasteiger partial charge is 0.395 e. The molecule has 3 N–H and O–H groups in total. The molecular weight excluding hydrogens is 128 g/mol. The Hall–Kier alpha value is -0.120. The molecule has 0 heterocycles. The summed E-state index contributed by atoms with van der Waals surface area (Å²) in [5.41, 5.74) is 5.37. The van der Waals surface area contributed by atoms with Crippen LogP contribution in [-0.2, 0) is 0 Å². The number of nitrogens with two attached hydrogens (primary N) is 1. The molecule has 0 aliphatic heterocycles. The van der Waals surface area contributed by atoms with Crippen molar-refractivity contribution in [1.82, 2.24) is 4.90 Å². The summed E-state index contributed by atoms with van der Waals surface area (Å²) in [7, 11) is 2.00. The van der Waals surface area contributed by atoms with E-state index in [1.165, 1.54) is 0 Å². The molecule has 0 aromatic rings. The minimum atomic E-state index is 0.228. The maximum Gasteiger partial charge on any atom is 0.0558 e.